The molecule has 1 aromatic heterocycles. The molecular formula is C15H24N2O2. The van der Waals surface area contributed by atoms with E-state index in [0.717, 1.165) is 18.6 Å². The summed E-state index contributed by atoms with van der Waals surface area (Å²) in [5.41, 5.74) is 0. The Morgan fingerprint density at radius 1 is 1.32 bits per heavy atom. The zero-order valence-corrected chi connectivity index (χ0v) is 11.8. The van der Waals surface area contributed by atoms with Crippen molar-refractivity contribution in [2.75, 3.05) is 0 Å². The molecule has 4 heteroatoms. The summed E-state index contributed by atoms with van der Waals surface area (Å²) in [7, 11) is 0. The van der Waals surface area contributed by atoms with E-state index < -0.39 is 0 Å². The number of hydrogen-bond acceptors (Lipinski definition) is 3. The van der Waals surface area contributed by atoms with Gasteiger partial charge in [0.2, 0.25) is 5.91 Å². The lowest BCUT2D eigenvalue weighted by atomic mass is 9.95. The largest absolute Gasteiger partial charge is 0.468 e. The van der Waals surface area contributed by atoms with Gasteiger partial charge in [-0.05, 0) is 38.8 Å². The number of carbonyl (C=O) groups is 1. The van der Waals surface area contributed by atoms with Gasteiger partial charge in [0.25, 0.3) is 0 Å². The van der Waals surface area contributed by atoms with Crippen LogP contribution in [0, 0.1) is 0 Å². The van der Waals surface area contributed by atoms with Crippen LogP contribution in [0.1, 0.15) is 57.8 Å². The van der Waals surface area contributed by atoms with Crippen molar-refractivity contribution in [2.45, 2.75) is 64.1 Å². The Labute approximate surface area is 114 Å². The zero-order chi connectivity index (χ0) is 13.7. The summed E-state index contributed by atoms with van der Waals surface area (Å²) in [5.74, 6) is 0.947. The van der Waals surface area contributed by atoms with Gasteiger partial charge in [0.15, 0.2) is 0 Å². The molecule has 4 nitrogen and oxygen atoms in total. The van der Waals surface area contributed by atoms with Crippen LogP contribution in [0.2, 0.25) is 0 Å². The van der Waals surface area contributed by atoms with Gasteiger partial charge in [-0.3, -0.25) is 10.1 Å². The van der Waals surface area contributed by atoms with Crippen molar-refractivity contribution in [3.05, 3.63) is 24.2 Å². The quantitative estimate of drug-likeness (QED) is 0.860. The van der Waals surface area contributed by atoms with E-state index in [4.69, 9.17) is 4.42 Å². The predicted molar refractivity (Wildman–Crippen MR) is 74.7 cm³/mol. The summed E-state index contributed by atoms with van der Waals surface area (Å²) in [6.07, 6.45) is 7.65. The predicted octanol–water partition coefficient (Wildman–Crippen LogP) is 2.77. The molecule has 0 saturated heterocycles. The average molecular weight is 264 g/mol. The third kappa shape index (κ3) is 4.10. The van der Waals surface area contributed by atoms with E-state index in [2.05, 4.69) is 10.6 Å². The van der Waals surface area contributed by atoms with Crippen LogP contribution in [0.15, 0.2) is 22.8 Å². The van der Waals surface area contributed by atoms with E-state index in [1.165, 1.54) is 19.3 Å². The summed E-state index contributed by atoms with van der Waals surface area (Å²) < 4.78 is 5.33. The maximum absolute atomic E-state index is 12.1. The summed E-state index contributed by atoms with van der Waals surface area (Å²) in [5, 5.41) is 6.40. The SMILES string of the molecule is CC(NC(C)c1ccco1)C(=O)NC1CCCCC1. The van der Waals surface area contributed by atoms with Crippen molar-refractivity contribution in [2.24, 2.45) is 0 Å². The standard InChI is InChI=1S/C15H24N2O2/c1-11(14-9-6-10-19-14)16-12(2)15(18)17-13-7-4-3-5-8-13/h6,9-13,16H,3-5,7-8H2,1-2H3,(H,17,18). The highest BCUT2D eigenvalue weighted by molar-refractivity contribution is 5.81. The van der Waals surface area contributed by atoms with Gasteiger partial charge in [-0.15, -0.1) is 0 Å². The first-order chi connectivity index (χ1) is 9.16. The molecule has 2 unspecified atom stereocenters. The van der Waals surface area contributed by atoms with Crippen LogP contribution in [-0.2, 0) is 4.79 Å². The first-order valence-corrected chi connectivity index (χ1v) is 7.26. The first-order valence-electron chi connectivity index (χ1n) is 7.26. The van der Waals surface area contributed by atoms with Gasteiger partial charge in [0.05, 0.1) is 18.3 Å². The number of amides is 1. The fourth-order valence-corrected chi connectivity index (χ4v) is 2.64. The lowest BCUT2D eigenvalue weighted by Crippen LogP contribution is -2.47. The monoisotopic (exact) mass is 264 g/mol. The van der Waals surface area contributed by atoms with E-state index in [-0.39, 0.29) is 18.0 Å². The van der Waals surface area contributed by atoms with Gasteiger partial charge in [-0.25, -0.2) is 0 Å². The third-order valence-corrected chi connectivity index (χ3v) is 3.81. The van der Waals surface area contributed by atoms with E-state index in [0.29, 0.717) is 6.04 Å². The molecule has 2 N–H and O–H groups in total. The molecule has 1 aliphatic rings. The van der Waals surface area contributed by atoms with E-state index >= 15 is 0 Å². The molecule has 0 bridgehead atoms. The van der Waals surface area contributed by atoms with Gasteiger partial charge in [0.1, 0.15) is 5.76 Å². The van der Waals surface area contributed by atoms with Gasteiger partial charge in [0, 0.05) is 6.04 Å². The Bertz CT molecular complexity index is 383. The molecule has 2 rings (SSSR count). The number of furan rings is 1. The minimum absolute atomic E-state index is 0.0436. The molecule has 1 fully saturated rings. The second kappa shape index (κ2) is 6.75. The van der Waals surface area contributed by atoms with Crippen molar-refractivity contribution in [1.29, 1.82) is 0 Å². The number of carbonyl (C=O) groups excluding carboxylic acids is 1. The highest BCUT2D eigenvalue weighted by atomic mass is 16.3. The molecule has 106 valence electrons. The van der Waals surface area contributed by atoms with Gasteiger partial charge in [-0.1, -0.05) is 19.3 Å². The van der Waals surface area contributed by atoms with Crippen LogP contribution < -0.4 is 10.6 Å². The summed E-state index contributed by atoms with van der Waals surface area (Å²) in [6.45, 7) is 3.90. The highest BCUT2D eigenvalue weighted by Crippen LogP contribution is 2.18. The number of rotatable bonds is 5. The van der Waals surface area contributed by atoms with Gasteiger partial charge >= 0.3 is 0 Å². The Kier molecular flexibility index (Phi) is 5.02. The number of nitrogens with one attached hydrogen (secondary N) is 2. The molecule has 1 aromatic rings. The van der Waals surface area contributed by atoms with E-state index in [1.807, 2.05) is 26.0 Å². The number of hydrogen-bond donors (Lipinski definition) is 2. The smallest absolute Gasteiger partial charge is 0.237 e. The second-order valence-electron chi connectivity index (χ2n) is 5.47. The van der Waals surface area contributed by atoms with Crippen molar-refractivity contribution in [1.82, 2.24) is 10.6 Å². The normalized spacial score (nSPS) is 19.9. The summed E-state index contributed by atoms with van der Waals surface area (Å²) >= 11 is 0. The molecule has 2 atom stereocenters. The van der Waals surface area contributed by atoms with E-state index in [9.17, 15) is 4.79 Å². The zero-order valence-electron chi connectivity index (χ0n) is 11.8. The maximum Gasteiger partial charge on any atom is 0.237 e. The minimum atomic E-state index is -0.206. The van der Waals surface area contributed by atoms with Crippen molar-refractivity contribution >= 4 is 5.91 Å². The Morgan fingerprint density at radius 3 is 2.68 bits per heavy atom. The van der Waals surface area contributed by atoms with E-state index in [1.54, 1.807) is 6.26 Å². The van der Waals surface area contributed by atoms with Crippen molar-refractivity contribution in [3.63, 3.8) is 0 Å². The fourth-order valence-electron chi connectivity index (χ4n) is 2.64. The van der Waals surface area contributed by atoms with Crippen LogP contribution in [0.5, 0.6) is 0 Å². The lowest BCUT2D eigenvalue weighted by molar-refractivity contribution is -0.123. The van der Waals surface area contributed by atoms with Crippen molar-refractivity contribution < 1.29 is 9.21 Å². The molecule has 1 saturated carbocycles. The average Bonchev–Trinajstić information content (AvgIpc) is 2.93. The fraction of sp³-hybridized carbons (Fsp3) is 0.667. The molecule has 0 aliphatic heterocycles. The van der Waals surface area contributed by atoms with Gasteiger partial charge in [-0.2, -0.15) is 0 Å². The van der Waals surface area contributed by atoms with Crippen LogP contribution >= 0.6 is 0 Å². The Morgan fingerprint density at radius 2 is 2.05 bits per heavy atom. The molecular weight excluding hydrogens is 240 g/mol. The first kappa shape index (κ1) is 14.1. The molecule has 1 aliphatic carbocycles. The van der Waals surface area contributed by atoms with Crippen LogP contribution in [0.4, 0.5) is 0 Å². The van der Waals surface area contributed by atoms with Crippen LogP contribution in [-0.4, -0.2) is 18.0 Å². The summed E-state index contributed by atoms with van der Waals surface area (Å²) in [4.78, 5) is 12.1. The molecule has 0 aromatic carbocycles. The third-order valence-electron chi connectivity index (χ3n) is 3.81. The molecule has 0 spiro atoms. The molecule has 0 radical (unpaired) electrons. The second-order valence-corrected chi connectivity index (χ2v) is 5.47. The van der Waals surface area contributed by atoms with Crippen molar-refractivity contribution in [3.8, 4) is 0 Å². The van der Waals surface area contributed by atoms with Gasteiger partial charge < -0.3 is 9.73 Å². The summed E-state index contributed by atoms with van der Waals surface area (Å²) in [6, 6.07) is 3.98. The molecule has 1 amide bonds. The molecule has 1 heterocycles. The molecule has 19 heavy (non-hydrogen) atoms. The topological polar surface area (TPSA) is 54.3 Å². The van der Waals surface area contributed by atoms with Crippen LogP contribution in [0.3, 0.4) is 0 Å². The highest BCUT2D eigenvalue weighted by Gasteiger charge is 2.21. The Hall–Kier alpha value is -1.29. The van der Waals surface area contributed by atoms with Crippen LogP contribution in [0.25, 0.3) is 0 Å². The maximum atomic E-state index is 12.1. The minimum Gasteiger partial charge on any atom is -0.468 e. The lowest BCUT2D eigenvalue weighted by Gasteiger charge is -2.25. The Balaban J connectivity index is 1.78.